The highest BCUT2D eigenvalue weighted by atomic mass is 127. The molecule has 28 heavy (non-hydrogen) atoms. The number of aliphatic imine (C=N–C) groups is 1. The normalized spacial score (nSPS) is 19.1. The Labute approximate surface area is 186 Å². The predicted molar refractivity (Wildman–Crippen MR) is 121 cm³/mol. The van der Waals surface area contributed by atoms with Gasteiger partial charge in [-0.25, -0.2) is 4.79 Å². The number of nitrogens with zero attached hydrogens (tertiary/aromatic N) is 4. The number of rotatable bonds is 5. The summed E-state index contributed by atoms with van der Waals surface area (Å²) in [6, 6.07) is 0. The molecular weight excluding hydrogens is 473 g/mol. The van der Waals surface area contributed by atoms with Crippen molar-refractivity contribution in [3.8, 4) is 0 Å². The van der Waals surface area contributed by atoms with Crippen molar-refractivity contribution in [2.24, 2.45) is 10.4 Å². The Kier molecular flexibility index (Phi) is 10.3. The summed E-state index contributed by atoms with van der Waals surface area (Å²) >= 11 is 0. The molecular formula is C19H36IN5O3. The van der Waals surface area contributed by atoms with E-state index in [-0.39, 0.29) is 41.4 Å². The lowest BCUT2D eigenvalue weighted by molar-refractivity contribution is -0.138. The van der Waals surface area contributed by atoms with Gasteiger partial charge in [0.2, 0.25) is 5.91 Å². The Morgan fingerprint density at radius 2 is 1.64 bits per heavy atom. The number of piperazine rings is 1. The van der Waals surface area contributed by atoms with E-state index >= 15 is 0 Å². The summed E-state index contributed by atoms with van der Waals surface area (Å²) in [4.78, 5) is 35.1. The number of carbonyl (C=O) groups excluding carboxylic acids is 2. The summed E-state index contributed by atoms with van der Waals surface area (Å²) in [5.74, 6) is 1.02. The van der Waals surface area contributed by atoms with Gasteiger partial charge < -0.3 is 24.8 Å². The summed E-state index contributed by atoms with van der Waals surface area (Å²) in [6.45, 7) is 8.19. The molecule has 162 valence electrons. The second-order valence-corrected chi connectivity index (χ2v) is 7.53. The van der Waals surface area contributed by atoms with Gasteiger partial charge in [0.05, 0.1) is 18.6 Å². The van der Waals surface area contributed by atoms with Gasteiger partial charge in [-0.1, -0.05) is 12.8 Å². The monoisotopic (exact) mass is 509 g/mol. The number of carbonyl (C=O) groups is 2. The number of ether oxygens (including phenoxy) is 1. The van der Waals surface area contributed by atoms with Crippen LogP contribution < -0.4 is 5.32 Å². The number of hydrogen-bond acceptors (Lipinski definition) is 4. The molecule has 2 rings (SSSR count). The second kappa shape index (κ2) is 11.7. The first-order valence-corrected chi connectivity index (χ1v) is 10.1. The molecule has 1 heterocycles. The summed E-state index contributed by atoms with van der Waals surface area (Å²) in [5.41, 5.74) is -0.364. The number of guanidine groups is 1. The predicted octanol–water partition coefficient (Wildman–Crippen LogP) is 1.99. The van der Waals surface area contributed by atoms with Crippen LogP contribution in [0.2, 0.25) is 0 Å². The zero-order valence-corrected chi connectivity index (χ0v) is 20.0. The first-order chi connectivity index (χ1) is 12.9. The molecule has 0 aromatic heterocycles. The second-order valence-electron chi connectivity index (χ2n) is 7.53. The number of amides is 2. The van der Waals surface area contributed by atoms with Crippen molar-refractivity contribution in [2.45, 2.75) is 39.5 Å². The van der Waals surface area contributed by atoms with Gasteiger partial charge >= 0.3 is 6.09 Å². The average molecular weight is 509 g/mol. The van der Waals surface area contributed by atoms with Crippen molar-refractivity contribution in [3.05, 3.63) is 0 Å². The molecule has 0 spiro atoms. The van der Waals surface area contributed by atoms with Crippen LogP contribution in [0, 0.1) is 5.41 Å². The third kappa shape index (κ3) is 6.12. The Morgan fingerprint density at radius 3 is 2.14 bits per heavy atom. The van der Waals surface area contributed by atoms with E-state index in [1.807, 2.05) is 27.9 Å². The zero-order valence-electron chi connectivity index (χ0n) is 17.7. The molecule has 0 atom stereocenters. The minimum atomic E-state index is -0.364. The quantitative estimate of drug-likeness (QED) is 0.349. The lowest BCUT2D eigenvalue weighted by Crippen LogP contribution is -2.54. The molecule has 2 aliphatic rings. The first-order valence-electron chi connectivity index (χ1n) is 10.1. The maximum atomic E-state index is 12.8. The molecule has 1 aliphatic carbocycles. The van der Waals surface area contributed by atoms with Crippen LogP contribution in [0.1, 0.15) is 39.5 Å². The van der Waals surface area contributed by atoms with E-state index in [1.165, 1.54) is 0 Å². The largest absolute Gasteiger partial charge is 0.450 e. The Hall–Kier alpha value is -1.26. The molecule has 0 bridgehead atoms. The summed E-state index contributed by atoms with van der Waals surface area (Å²) in [6.07, 6.45) is 3.74. The molecule has 0 radical (unpaired) electrons. The van der Waals surface area contributed by atoms with Crippen LogP contribution in [0.15, 0.2) is 4.99 Å². The van der Waals surface area contributed by atoms with E-state index in [0.717, 1.165) is 38.2 Å². The summed E-state index contributed by atoms with van der Waals surface area (Å²) in [5, 5.41) is 3.35. The lowest BCUT2D eigenvalue weighted by atomic mass is 9.85. The molecule has 2 fully saturated rings. The van der Waals surface area contributed by atoms with Gasteiger partial charge in [-0.3, -0.25) is 9.79 Å². The van der Waals surface area contributed by atoms with Crippen LogP contribution in [-0.4, -0.2) is 92.6 Å². The van der Waals surface area contributed by atoms with Crippen LogP contribution >= 0.6 is 24.0 Å². The van der Waals surface area contributed by atoms with Gasteiger partial charge in [-0.15, -0.1) is 24.0 Å². The summed E-state index contributed by atoms with van der Waals surface area (Å²) in [7, 11) is 3.65. The molecule has 0 aromatic carbocycles. The van der Waals surface area contributed by atoms with Crippen molar-refractivity contribution in [1.82, 2.24) is 20.0 Å². The van der Waals surface area contributed by atoms with Crippen molar-refractivity contribution >= 4 is 41.9 Å². The van der Waals surface area contributed by atoms with Gasteiger partial charge in [0.25, 0.3) is 0 Å². The highest BCUT2D eigenvalue weighted by molar-refractivity contribution is 14.0. The molecule has 1 N–H and O–H groups in total. The lowest BCUT2D eigenvalue weighted by Gasteiger charge is -2.36. The molecule has 0 unspecified atom stereocenters. The van der Waals surface area contributed by atoms with Crippen LogP contribution in [0.5, 0.6) is 0 Å². The Morgan fingerprint density at radius 1 is 1.07 bits per heavy atom. The third-order valence-corrected chi connectivity index (χ3v) is 5.39. The molecule has 1 saturated heterocycles. The van der Waals surface area contributed by atoms with E-state index in [9.17, 15) is 9.59 Å². The van der Waals surface area contributed by atoms with Crippen molar-refractivity contribution in [1.29, 1.82) is 0 Å². The van der Waals surface area contributed by atoms with Crippen LogP contribution in [0.4, 0.5) is 4.79 Å². The van der Waals surface area contributed by atoms with Crippen LogP contribution in [0.25, 0.3) is 0 Å². The molecule has 1 aliphatic heterocycles. The van der Waals surface area contributed by atoms with E-state index in [1.54, 1.807) is 9.80 Å². The van der Waals surface area contributed by atoms with E-state index < -0.39 is 0 Å². The fourth-order valence-electron chi connectivity index (χ4n) is 3.93. The number of hydrogen-bond donors (Lipinski definition) is 1. The minimum absolute atomic E-state index is 0. The van der Waals surface area contributed by atoms with Crippen LogP contribution in [0.3, 0.4) is 0 Å². The first kappa shape index (κ1) is 24.8. The average Bonchev–Trinajstić information content (AvgIpc) is 3.15. The Bertz CT molecular complexity index is 542. The fraction of sp³-hybridized carbons (Fsp3) is 0.842. The fourth-order valence-corrected chi connectivity index (χ4v) is 3.93. The van der Waals surface area contributed by atoms with Gasteiger partial charge in [0, 0.05) is 46.8 Å². The van der Waals surface area contributed by atoms with E-state index in [2.05, 4.69) is 10.2 Å². The van der Waals surface area contributed by atoms with Crippen LogP contribution in [-0.2, 0) is 9.53 Å². The number of halogens is 1. The van der Waals surface area contributed by atoms with E-state index in [0.29, 0.717) is 39.3 Å². The van der Waals surface area contributed by atoms with E-state index in [4.69, 9.17) is 9.73 Å². The standard InChI is InChI=1S/C19H35N5O3.HI/c1-5-20-17(23-11-13-24(14-12-23)18(26)27-6-2)21-15-19(9-7-8-10-19)16(25)22(3)4;/h5-15H2,1-4H3,(H,20,21);1H. The van der Waals surface area contributed by atoms with Crippen molar-refractivity contribution in [2.75, 3.05) is 60.0 Å². The maximum absolute atomic E-state index is 12.8. The highest BCUT2D eigenvalue weighted by Gasteiger charge is 2.42. The molecule has 9 heteroatoms. The van der Waals surface area contributed by atoms with Crippen molar-refractivity contribution in [3.63, 3.8) is 0 Å². The van der Waals surface area contributed by atoms with Gasteiger partial charge in [-0.2, -0.15) is 0 Å². The molecule has 8 nitrogen and oxygen atoms in total. The van der Waals surface area contributed by atoms with Gasteiger partial charge in [-0.05, 0) is 26.7 Å². The molecule has 1 saturated carbocycles. The number of nitrogens with one attached hydrogen (secondary N) is 1. The van der Waals surface area contributed by atoms with Gasteiger partial charge in [0.1, 0.15) is 0 Å². The third-order valence-electron chi connectivity index (χ3n) is 5.39. The maximum Gasteiger partial charge on any atom is 0.409 e. The Balaban J connectivity index is 0.00000392. The molecule has 0 aromatic rings. The topological polar surface area (TPSA) is 77.5 Å². The highest BCUT2D eigenvalue weighted by Crippen LogP contribution is 2.39. The zero-order chi connectivity index (χ0) is 19.9. The minimum Gasteiger partial charge on any atom is -0.450 e. The van der Waals surface area contributed by atoms with Gasteiger partial charge in [0.15, 0.2) is 5.96 Å². The SMILES string of the molecule is CCNC(=NCC1(C(=O)N(C)C)CCCC1)N1CCN(C(=O)OCC)CC1.I. The van der Waals surface area contributed by atoms with Crippen molar-refractivity contribution < 1.29 is 14.3 Å². The molecule has 2 amide bonds. The smallest absolute Gasteiger partial charge is 0.409 e. The summed E-state index contributed by atoms with van der Waals surface area (Å²) < 4.78 is 5.08.